The number of rotatable bonds is 12. The second kappa shape index (κ2) is 13.8. The Labute approximate surface area is 231 Å². The number of nitrogens with zero attached hydrogens (tertiary/aromatic N) is 4. The molecular weight excluding hydrogens is 522 g/mol. The predicted octanol–water partition coefficient (Wildman–Crippen LogP) is 7.14. The summed E-state index contributed by atoms with van der Waals surface area (Å²) in [5.41, 5.74) is 3.34. The van der Waals surface area contributed by atoms with Gasteiger partial charge in [-0.05, 0) is 42.3 Å². The van der Waals surface area contributed by atoms with Gasteiger partial charge in [0.2, 0.25) is 5.91 Å². The molecule has 0 saturated carbocycles. The molecule has 0 unspecified atom stereocenters. The molecule has 202 valence electrons. The highest BCUT2D eigenvalue weighted by atomic mass is 35.5. The van der Waals surface area contributed by atoms with Gasteiger partial charge < -0.3 is 15.0 Å². The third-order valence-corrected chi connectivity index (χ3v) is 5.65. The lowest BCUT2D eigenvalue weighted by Crippen LogP contribution is -2.26. The zero-order valence-corrected chi connectivity index (χ0v) is 22.4. The molecule has 0 aromatic heterocycles. The summed E-state index contributed by atoms with van der Waals surface area (Å²) in [4.78, 5) is 36.6. The number of carbonyl (C=O) groups excluding carboxylic acids is 2. The van der Waals surface area contributed by atoms with Crippen LogP contribution in [0, 0.1) is 10.1 Å². The maximum Gasteiger partial charge on any atom is 0.307 e. The fraction of sp³-hybridized carbons (Fsp3) is 0.214. The van der Waals surface area contributed by atoms with E-state index < -0.39 is 4.92 Å². The van der Waals surface area contributed by atoms with Crippen LogP contribution in [0.2, 0.25) is 5.02 Å². The van der Waals surface area contributed by atoms with E-state index in [-0.39, 0.29) is 41.3 Å². The van der Waals surface area contributed by atoms with Gasteiger partial charge in [0, 0.05) is 37.8 Å². The molecule has 0 saturated heterocycles. The Kier molecular flexibility index (Phi) is 10.3. The van der Waals surface area contributed by atoms with Gasteiger partial charge in [-0.15, -0.1) is 10.2 Å². The van der Waals surface area contributed by atoms with Crippen LogP contribution in [0.4, 0.5) is 28.4 Å². The number of azo groups is 1. The molecule has 0 fully saturated rings. The molecule has 3 aromatic rings. The summed E-state index contributed by atoms with van der Waals surface area (Å²) in [6.45, 7) is 7.94. The van der Waals surface area contributed by atoms with E-state index in [0.29, 0.717) is 24.5 Å². The first-order valence-electron chi connectivity index (χ1n) is 12.0. The largest absolute Gasteiger partial charge is 0.461 e. The molecule has 10 nitrogen and oxygen atoms in total. The third kappa shape index (κ3) is 9.04. The number of halogens is 1. The van der Waals surface area contributed by atoms with E-state index in [1.807, 2.05) is 35.2 Å². The average Bonchev–Trinajstić information content (AvgIpc) is 2.89. The minimum Gasteiger partial charge on any atom is -0.461 e. The van der Waals surface area contributed by atoms with Gasteiger partial charge in [-0.2, -0.15) is 0 Å². The molecular formula is C28H28ClN5O5. The summed E-state index contributed by atoms with van der Waals surface area (Å²) in [5, 5.41) is 22.1. The van der Waals surface area contributed by atoms with Crippen molar-refractivity contribution in [3.8, 4) is 0 Å². The van der Waals surface area contributed by atoms with Crippen molar-refractivity contribution in [1.29, 1.82) is 0 Å². The Hall–Kier alpha value is -4.57. The monoisotopic (exact) mass is 549 g/mol. The number of nitro benzene ring substituents is 1. The van der Waals surface area contributed by atoms with Crippen LogP contribution in [0.1, 0.15) is 25.8 Å². The molecule has 3 aromatic carbocycles. The summed E-state index contributed by atoms with van der Waals surface area (Å²) in [7, 11) is 0. The molecule has 0 bridgehead atoms. The first kappa shape index (κ1) is 29.0. The van der Waals surface area contributed by atoms with E-state index in [1.54, 1.807) is 25.1 Å². The highest BCUT2D eigenvalue weighted by Gasteiger charge is 2.15. The molecule has 11 heteroatoms. The fourth-order valence-electron chi connectivity index (χ4n) is 3.50. The summed E-state index contributed by atoms with van der Waals surface area (Å²) in [6.07, 6.45) is 0.148. The number of anilines is 2. The molecule has 0 aliphatic heterocycles. The van der Waals surface area contributed by atoms with Crippen LogP contribution >= 0.6 is 11.6 Å². The highest BCUT2D eigenvalue weighted by molar-refractivity contribution is 6.33. The molecule has 0 heterocycles. The minimum absolute atomic E-state index is 0.0678. The number of ether oxygens (including phenoxy) is 1. The van der Waals surface area contributed by atoms with Crippen LogP contribution in [0.25, 0.3) is 0 Å². The van der Waals surface area contributed by atoms with Gasteiger partial charge in [-0.1, -0.05) is 48.5 Å². The average molecular weight is 550 g/mol. The van der Waals surface area contributed by atoms with Crippen LogP contribution in [0.5, 0.6) is 0 Å². The molecule has 0 radical (unpaired) electrons. The fourth-order valence-corrected chi connectivity index (χ4v) is 3.71. The Morgan fingerprint density at radius 2 is 1.74 bits per heavy atom. The molecule has 0 spiro atoms. The quantitative estimate of drug-likeness (QED) is 0.0841. The normalized spacial score (nSPS) is 10.7. The lowest BCUT2D eigenvalue weighted by atomic mass is 10.1. The number of non-ortho nitro benzene ring substituents is 1. The summed E-state index contributed by atoms with van der Waals surface area (Å²) < 4.78 is 5.24. The van der Waals surface area contributed by atoms with Crippen LogP contribution in [0.15, 0.2) is 89.1 Å². The van der Waals surface area contributed by atoms with Crippen LogP contribution < -0.4 is 10.2 Å². The third-order valence-electron chi connectivity index (χ3n) is 5.35. The molecule has 1 amide bonds. The summed E-state index contributed by atoms with van der Waals surface area (Å²) in [5.74, 6) is -0.654. The molecule has 1 N–H and O–H groups in total. The number of esters is 1. The Morgan fingerprint density at radius 3 is 2.38 bits per heavy atom. The number of amides is 1. The maximum absolute atomic E-state index is 12.3. The van der Waals surface area contributed by atoms with E-state index >= 15 is 0 Å². The zero-order chi connectivity index (χ0) is 28.4. The Bertz CT molecular complexity index is 1390. The standard InChI is InChI=1S/C28H28ClN5O5/c1-19(2)18-39-28(36)13-14-33(17-21-7-5-4-6-8-21)22-9-12-26(27(16-22)30-20(3)35)32-31-25-11-10-23(34(37)38)15-24(25)29/h4-12,15-16H,1,13-14,17-18H2,2-3H3,(H,30,35). The van der Waals surface area contributed by atoms with Crippen molar-refractivity contribution in [3.05, 3.63) is 99.6 Å². The van der Waals surface area contributed by atoms with Gasteiger partial charge >= 0.3 is 5.97 Å². The van der Waals surface area contributed by atoms with Crippen molar-refractivity contribution < 1.29 is 19.2 Å². The van der Waals surface area contributed by atoms with Crippen molar-refractivity contribution in [2.45, 2.75) is 26.8 Å². The zero-order valence-electron chi connectivity index (χ0n) is 21.6. The Balaban J connectivity index is 1.90. The molecule has 0 aliphatic rings. The second-order valence-electron chi connectivity index (χ2n) is 8.75. The van der Waals surface area contributed by atoms with Crippen molar-refractivity contribution in [1.82, 2.24) is 0 Å². The van der Waals surface area contributed by atoms with Crippen LogP contribution in [-0.4, -0.2) is 30.0 Å². The molecule has 0 atom stereocenters. The lowest BCUT2D eigenvalue weighted by Gasteiger charge is -2.25. The lowest BCUT2D eigenvalue weighted by molar-refractivity contribution is -0.384. The van der Waals surface area contributed by atoms with Gasteiger partial charge in [-0.25, -0.2) is 0 Å². The van der Waals surface area contributed by atoms with E-state index in [2.05, 4.69) is 22.1 Å². The maximum atomic E-state index is 12.3. The number of nitrogens with one attached hydrogen (secondary N) is 1. The van der Waals surface area contributed by atoms with Crippen molar-refractivity contribution >= 4 is 51.9 Å². The van der Waals surface area contributed by atoms with E-state index in [4.69, 9.17) is 16.3 Å². The summed E-state index contributed by atoms with van der Waals surface area (Å²) >= 11 is 6.13. The smallest absolute Gasteiger partial charge is 0.307 e. The molecule has 3 rings (SSSR count). The van der Waals surface area contributed by atoms with Crippen LogP contribution in [-0.2, 0) is 20.9 Å². The van der Waals surface area contributed by atoms with Crippen molar-refractivity contribution in [3.63, 3.8) is 0 Å². The van der Waals surface area contributed by atoms with E-state index in [1.165, 1.54) is 25.1 Å². The molecule has 0 aliphatic carbocycles. The van der Waals surface area contributed by atoms with Gasteiger partial charge in [0.25, 0.3) is 5.69 Å². The number of hydrogen-bond donors (Lipinski definition) is 1. The number of carbonyl (C=O) groups is 2. The topological polar surface area (TPSA) is 126 Å². The van der Waals surface area contributed by atoms with E-state index in [0.717, 1.165) is 16.8 Å². The number of benzene rings is 3. The van der Waals surface area contributed by atoms with Gasteiger partial charge in [0.15, 0.2) is 0 Å². The minimum atomic E-state index is -0.554. The number of hydrogen-bond acceptors (Lipinski definition) is 8. The molecule has 39 heavy (non-hydrogen) atoms. The van der Waals surface area contributed by atoms with Gasteiger partial charge in [0.05, 0.1) is 22.1 Å². The SMILES string of the molecule is C=C(C)COC(=O)CCN(Cc1ccccc1)c1ccc(N=Nc2ccc([N+](=O)[O-])cc2Cl)c(NC(C)=O)c1. The summed E-state index contributed by atoms with van der Waals surface area (Å²) in [6, 6.07) is 18.9. The van der Waals surface area contributed by atoms with Gasteiger partial charge in [0.1, 0.15) is 18.0 Å². The van der Waals surface area contributed by atoms with Crippen LogP contribution in [0.3, 0.4) is 0 Å². The van der Waals surface area contributed by atoms with Crippen molar-refractivity contribution in [2.24, 2.45) is 10.2 Å². The number of nitro groups is 1. The Morgan fingerprint density at radius 1 is 1.05 bits per heavy atom. The highest BCUT2D eigenvalue weighted by Crippen LogP contribution is 2.35. The van der Waals surface area contributed by atoms with Crippen molar-refractivity contribution in [2.75, 3.05) is 23.4 Å². The van der Waals surface area contributed by atoms with E-state index in [9.17, 15) is 19.7 Å². The predicted molar refractivity (Wildman–Crippen MR) is 151 cm³/mol. The van der Waals surface area contributed by atoms with Gasteiger partial charge in [-0.3, -0.25) is 19.7 Å². The second-order valence-corrected chi connectivity index (χ2v) is 9.16. The first-order chi connectivity index (χ1) is 18.6. The first-order valence-corrected chi connectivity index (χ1v) is 12.4.